The summed E-state index contributed by atoms with van der Waals surface area (Å²) in [7, 11) is -11.0. The van der Waals surface area contributed by atoms with Gasteiger partial charge in [0.25, 0.3) is 0 Å². The zero-order valence-corrected chi connectivity index (χ0v) is 85.9. The summed E-state index contributed by atoms with van der Waals surface area (Å²) in [6.07, 6.45) is 19.7. The summed E-state index contributed by atoms with van der Waals surface area (Å²) in [6, 6.07) is 109. The largest absolute Gasteiger partial charge is 0.249 e. The molecule has 4 heterocycles. The molecule has 0 spiro atoms. The van der Waals surface area contributed by atoms with Crippen molar-refractivity contribution in [3.63, 3.8) is 0 Å². The van der Waals surface area contributed by atoms with Gasteiger partial charge in [0.1, 0.15) is 0 Å². The highest BCUT2D eigenvalue weighted by Gasteiger charge is 2.34. The van der Waals surface area contributed by atoms with Crippen LogP contribution in [0, 0.1) is 0 Å². The molecule has 0 saturated heterocycles. The van der Waals surface area contributed by atoms with Gasteiger partial charge < -0.3 is 0 Å². The van der Waals surface area contributed by atoms with Crippen LogP contribution < -0.4 is 0 Å². The molecule has 24 rings (SSSR count). The van der Waals surface area contributed by atoms with Crippen LogP contribution in [0.3, 0.4) is 0 Å². The third-order valence-corrected chi connectivity index (χ3v) is 36.6. The molecule has 0 fully saturated rings. The van der Waals surface area contributed by atoms with Gasteiger partial charge in [0.05, 0.1) is 40.2 Å². The van der Waals surface area contributed by atoms with Crippen LogP contribution in [-0.4, -0.2) is 29.5 Å². The minimum atomic E-state index is -3.37. The van der Waals surface area contributed by atoms with E-state index in [4.69, 9.17) is 0 Å². The fourth-order valence-corrected chi connectivity index (χ4v) is 27.8. The van der Waals surface area contributed by atoms with Crippen molar-refractivity contribution in [2.24, 2.45) is 0 Å². The summed E-state index contributed by atoms with van der Waals surface area (Å²) in [5.74, 6) is 0. The Morgan fingerprint density at radius 1 is 0.180 bits per heavy atom. The van der Waals surface area contributed by atoms with Crippen LogP contribution in [0.5, 0.6) is 0 Å². The first-order valence-electron chi connectivity index (χ1n) is 50.4. The average molecular weight is 1910 g/mol. The van der Waals surface area contributed by atoms with Crippen LogP contribution in [-0.2, 0) is 169 Å². The van der Waals surface area contributed by atoms with Crippen molar-refractivity contribution in [1.82, 2.24) is 0 Å². The van der Waals surface area contributed by atoms with Gasteiger partial charge in [-0.25, -0.2) is 29.5 Å². The molecule has 0 aromatic heterocycles. The fourth-order valence-electron chi connectivity index (χ4n) is 20.9. The molecule has 0 saturated carbocycles. The maximum absolute atomic E-state index is 12.8. The molecule has 8 aliphatic rings. The zero-order valence-electron chi connectivity index (χ0n) is 82.7. The van der Waals surface area contributed by atoms with Gasteiger partial charge in [0.2, 0.25) is 29.5 Å². The van der Waals surface area contributed by atoms with Crippen LogP contribution in [0.25, 0.3) is 44.5 Å². The third kappa shape index (κ3) is 20.4. The summed E-state index contributed by atoms with van der Waals surface area (Å²) in [5, 5.41) is 0. The van der Waals surface area contributed by atoms with E-state index < -0.39 is 40.3 Å². The normalized spacial score (nSPS) is 13.9. The molecule has 0 bridgehead atoms. The van der Waals surface area contributed by atoms with Crippen LogP contribution in [0.15, 0.2) is 355 Å². The van der Waals surface area contributed by atoms with E-state index in [1.165, 1.54) is 134 Å². The van der Waals surface area contributed by atoms with Crippen molar-refractivity contribution in [3.05, 3.63) is 471 Å². The molecule has 139 heavy (non-hydrogen) atoms. The van der Waals surface area contributed by atoms with Crippen LogP contribution in [0.1, 0.15) is 239 Å². The summed E-state index contributed by atoms with van der Waals surface area (Å²) >= 11 is 0. The first kappa shape index (κ1) is 98.1. The van der Waals surface area contributed by atoms with Gasteiger partial charge in [-0.1, -0.05) is 350 Å². The van der Waals surface area contributed by atoms with E-state index in [0.717, 1.165) is 181 Å². The van der Waals surface area contributed by atoms with Gasteiger partial charge in [-0.3, -0.25) is 0 Å². The Balaban J connectivity index is 0.000000110. The Morgan fingerprint density at radius 2 is 0.403 bits per heavy atom. The predicted molar refractivity (Wildman–Crippen MR) is 575 cm³/mol. The molecular formula is C128H128O7S4. The van der Waals surface area contributed by atoms with E-state index in [1.807, 2.05) is 112 Å². The maximum Gasteiger partial charge on any atom is 0.207 e. The second-order valence-corrected chi connectivity index (χ2v) is 44.5. The topological polar surface area (TPSA) is 119 Å². The molecule has 4 aliphatic carbocycles. The van der Waals surface area contributed by atoms with Gasteiger partial charge in [0, 0.05) is 29.1 Å². The smallest absolute Gasteiger partial charge is 0.207 e. The summed E-state index contributed by atoms with van der Waals surface area (Å²) < 4.78 is 88.7. The Bertz CT molecular complexity index is 7510. The number of fused-ring (bicyclic) bond motifs is 20. The Hall–Kier alpha value is -12.5. The van der Waals surface area contributed by atoms with Crippen molar-refractivity contribution < 1.29 is 29.5 Å². The van der Waals surface area contributed by atoms with E-state index in [2.05, 4.69) is 256 Å². The molecule has 4 aliphatic heterocycles. The number of hydrogen-bond acceptors (Lipinski definition) is 7. The first-order valence-corrected chi connectivity index (χ1v) is 56.0. The maximum atomic E-state index is 12.8. The Morgan fingerprint density at radius 3 is 0.791 bits per heavy atom. The van der Waals surface area contributed by atoms with Gasteiger partial charge in [-0.2, -0.15) is 0 Å². The molecule has 16 aromatic carbocycles. The van der Waals surface area contributed by atoms with Gasteiger partial charge in [-0.05, 0) is 358 Å². The molecular weight excluding hydrogens is 1780 g/mol. The summed E-state index contributed by atoms with van der Waals surface area (Å²) in [6.45, 7) is 25.8. The van der Waals surface area contributed by atoms with E-state index in [-0.39, 0.29) is 0 Å². The van der Waals surface area contributed by atoms with E-state index in [0.29, 0.717) is 42.2 Å². The lowest BCUT2D eigenvalue weighted by molar-refractivity contribution is 0.589. The Kier molecular flexibility index (Phi) is 30.4. The highest BCUT2D eigenvalue weighted by molar-refractivity contribution is 7.92. The van der Waals surface area contributed by atoms with Crippen molar-refractivity contribution in [1.29, 1.82) is 0 Å². The molecule has 11 heteroatoms. The average Bonchev–Trinajstić information content (AvgIpc) is 1.69. The molecule has 0 atom stereocenters. The fraction of sp³-hybridized carbons (Fsp3) is 0.250. The van der Waals surface area contributed by atoms with Gasteiger partial charge in [0.15, 0.2) is 0 Å². The van der Waals surface area contributed by atoms with Gasteiger partial charge >= 0.3 is 0 Å². The molecule has 0 N–H and O–H groups in total. The second-order valence-electron chi connectivity index (χ2n) is 37.4. The summed E-state index contributed by atoms with van der Waals surface area (Å²) in [5.41, 5.74) is 47.2. The lowest BCUT2D eigenvalue weighted by Gasteiger charge is -2.21. The number of rotatable bonds is 12. The minimum absolute atomic E-state index is 0.464. The van der Waals surface area contributed by atoms with Crippen molar-refractivity contribution in [2.75, 3.05) is 0 Å². The predicted octanol–water partition coefficient (Wildman–Crippen LogP) is 29.8. The minimum Gasteiger partial charge on any atom is -0.249 e. The number of aryl methyl sites for hydroxylation is 12. The lowest BCUT2D eigenvalue weighted by Crippen LogP contribution is -2.16. The van der Waals surface area contributed by atoms with Crippen molar-refractivity contribution in [2.45, 2.75) is 251 Å². The van der Waals surface area contributed by atoms with Crippen LogP contribution in [0.2, 0.25) is 0 Å². The Labute approximate surface area is 829 Å². The monoisotopic (exact) mass is 1900 g/mol. The third-order valence-electron chi connectivity index (χ3n) is 29.2. The number of benzene rings is 16. The zero-order chi connectivity index (χ0) is 97.4. The lowest BCUT2D eigenvalue weighted by atomic mass is 9.98. The van der Waals surface area contributed by atoms with E-state index >= 15 is 0 Å². The highest BCUT2D eigenvalue weighted by Crippen LogP contribution is 2.46. The standard InChI is InChI=1S/C17H18O2S.C17H18OS.2C17H18.2C15H14O2S.2C15H14/c1-3-12-5-7-14-11-15-8-6-13(4-2)10-17(15)20(18,19)16(14)9-12;1-3-12-5-7-14-11-15-8-6-13(4-2)10-17(15)19(18)16(14)9-12;1-3-12-5-7-14-11-15-8-6-13(4-2)10-17(15)16(14)9-12;1-3-12-8-9-14-11-17-13(4-2)6-5-7-15(17)16(14)10-12;1-2-11-7-5-9-15-13(11)10-12-6-3-4-8-14(12)18(15,16)17;1-2-11-7-8-13-10-12-5-3-4-6-14(12)18(16,17)15(13)9-11;1-2-11-7-5-9-14-13-8-4-3-6-12(13)10-15(11)14;1-2-11-7-8-13-10-12-5-3-4-6-14(12)15(13)9-11/h5-10H,3-4,11H2,1-2H3;5-10H,3-4,11H2,1-2H3;2*5-10H,3-4,11H2,1-2H3;2*3-9H,2,10H2,1H3;2*3-9H,2,10H2,1H3. The molecule has 706 valence electrons. The van der Waals surface area contributed by atoms with Gasteiger partial charge in [-0.15, -0.1) is 0 Å². The highest BCUT2D eigenvalue weighted by atomic mass is 32.2. The SMILES string of the molecule is CCc1ccc2c(c1)-c1cc(CC)ccc1C2.CCc1ccc2c(c1)-c1cccc(CC)c1C2.CCc1ccc2c(c1)-c1ccccc1C2.CCc1ccc2c(c1)S(=O)(=O)c1cc(CC)ccc1C2.CCc1ccc2c(c1)S(=O)(=O)c1ccccc1C2.CCc1ccc2c(c1)S(=O)c1cc(CC)ccc1C2.CCc1cccc2c1Cc1ccccc1-2.CCc1cccc2c1Cc1ccccc1S2(=O)=O. The van der Waals surface area contributed by atoms with Crippen molar-refractivity contribution in [3.8, 4) is 44.5 Å². The molecule has 7 nitrogen and oxygen atoms in total. The quantitative estimate of drug-likeness (QED) is 0.119. The molecule has 0 amide bonds. The molecule has 16 aromatic rings. The molecule has 0 unspecified atom stereocenters. The first-order chi connectivity index (χ1) is 67.5. The van der Waals surface area contributed by atoms with Crippen molar-refractivity contribution >= 4 is 40.3 Å². The van der Waals surface area contributed by atoms with Crippen LogP contribution >= 0.6 is 0 Å². The summed E-state index contributed by atoms with van der Waals surface area (Å²) in [4.78, 5) is 4.92. The number of hydrogen-bond donors (Lipinski definition) is 0. The number of sulfone groups is 3. The van der Waals surface area contributed by atoms with E-state index in [1.54, 1.807) is 41.5 Å². The molecule has 0 radical (unpaired) electrons. The second kappa shape index (κ2) is 43.1. The van der Waals surface area contributed by atoms with Crippen LogP contribution in [0.4, 0.5) is 0 Å². The van der Waals surface area contributed by atoms with E-state index in [9.17, 15) is 29.5 Å².